The molecule has 0 fully saturated rings. The summed E-state index contributed by atoms with van der Waals surface area (Å²) in [5.74, 6) is -0.816. The standard InChI is InChI=1S/C23H27BrFN3O4S.H2S2/c1-5-31-18(29)10-8-9-17-19(23(30)32-6-2)20(15-12-11-14(25)13-16(15)24)28-21(27-17)22(26-4)33-7-3;1-2/h7,11-13,20H,3,5-6,8-10H2,1-2,4H3,(H,27,28);1-2H. The maximum Gasteiger partial charge on any atom is 0.338 e. The minimum Gasteiger partial charge on any atom is -0.466 e. The molecule has 0 saturated heterocycles. The number of halogens is 2. The number of ether oxygens (including phenoxy) is 2. The van der Waals surface area contributed by atoms with Crippen LogP contribution in [0.3, 0.4) is 0 Å². The molecule has 12 heteroatoms. The highest BCUT2D eigenvalue weighted by Gasteiger charge is 2.34. The second kappa shape index (κ2) is 16.8. The Bertz CT molecular complexity index is 1000. The number of carbonyl (C=O) groups excluding carboxylic acids is 2. The first-order chi connectivity index (χ1) is 16.9. The lowest BCUT2D eigenvalue weighted by atomic mass is 9.94. The van der Waals surface area contributed by atoms with Crippen LogP contribution in [0.4, 0.5) is 4.39 Å². The second-order valence-corrected chi connectivity index (χ2v) is 8.57. The van der Waals surface area contributed by atoms with Gasteiger partial charge in [0.1, 0.15) is 16.9 Å². The largest absolute Gasteiger partial charge is 0.466 e. The molecule has 1 aromatic carbocycles. The van der Waals surface area contributed by atoms with Gasteiger partial charge < -0.3 is 14.8 Å². The predicted octanol–water partition coefficient (Wildman–Crippen LogP) is 5.85. The van der Waals surface area contributed by atoms with E-state index >= 15 is 0 Å². The first-order valence-electron chi connectivity index (χ1n) is 10.7. The van der Waals surface area contributed by atoms with Crippen LogP contribution in [0.2, 0.25) is 0 Å². The monoisotopic (exact) mass is 605 g/mol. The van der Waals surface area contributed by atoms with Crippen molar-refractivity contribution in [1.82, 2.24) is 5.32 Å². The number of thiol groups is 2. The summed E-state index contributed by atoms with van der Waals surface area (Å²) in [4.78, 5) is 33.9. The van der Waals surface area contributed by atoms with Gasteiger partial charge in [-0.05, 0) is 49.8 Å². The molecule has 1 atom stereocenters. The van der Waals surface area contributed by atoms with Gasteiger partial charge in [-0.3, -0.25) is 14.8 Å². The number of nitrogens with one attached hydrogen (secondary N) is 1. The van der Waals surface area contributed by atoms with E-state index in [0.717, 1.165) is 0 Å². The highest BCUT2D eigenvalue weighted by Crippen LogP contribution is 2.37. The molecule has 1 aromatic rings. The molecule has 35 heavy (non-hydrogen) atoms. The van der Waals surface area contributed by atoms with Gasteiger partial charge in [0.15, 0.2) is 5.84 Å². The van der Waals surface area contributed by atoms with Gasteiger partial charge in [0, 0.05) is 23.6 Å². The number of hydrogen-bond acceptors (Lipinski definition) is 10. The van der Waals surface area contributed by atoms with Crippen molar-refractivity contribution >= 4 is 73.8 Å². The highest BCUT2D eigenvalue weighted by atomic mass is 79.9. The zero-order chi connectivity index (χ0) is 26.4. The predicted molar refractivity (Wildman–Crippen MR) is 151 cm³/mol. The van der Waals surface area contributed by atoms with E-state index in [2.05, 4.69) is 56.1 Å². The van der Waals surface area contributed by atoms with Crippen LogP contribution >= 0.6 is 51.0 Å². The lowest BCUT2D eigenvalue weighted by Gasteiger charge is -2.28. The molecule has 0 bridgehead atoms. The Morgan fingerprint density at radius 3 is 2.57 bits per heavy atom. The summed E-state index contributed by atoms with van der Waals surface area (Å²) in [5, 5.41) is 5.40. The van der Waals surface area contributed by atoms with Gasteiger partial charge >= 0.3 is 11.9 Å². The number of rotatable bonds is 10. The van der Waals surface area contributed by atoms with Crippen LogP contribution in [0, 0.1) is 5.82 Å². The van der Waals surface area contributed by atoms with Crippen molar-refractivity contribution in [3.05, 3.63) is 57.3 Å². The topological polar surface area (TPSA) is 89.4 Å². The van der Waals surface area contributed by atoms with E-state index in [0.29, 0.717) is 51.6 Å². The third kappa shape index (κ3) is 9.32. The molecule has 1 N–H and O–H groups in total. The van der Waals surface area contributed by atoms with Crippen molar-refractivity contribution in [3.8, 4) is 0 Å². The fourth-order valence-electron chi connectivity index (χ4n) is 3.24. The lowest BCUT2D eigenvalue weighted by Crippen LogP contribution is -2.37. The van der Waals surface area contributed by atoms with Gasteiger partial charge in [-0.2, -0.15) is 0 Å². The van der Waals surface area contributed by atoms with Gasteiger partial charge in [-0.25, -0.2) is 9.18 Å². The molecular weight excluding hydrogens is 577 g/mol. The molecule has 0 aliphatic carbocycles. The van der Waals surface area contributed by atoms with Gasteiger partial charge in [0.2, 0.25) is 0 Å². The summed E-state index contributed by atoms with van der Waals surface area (Å²) in [6, 6.07) is 3.45. The Hall–Kier alpha value is -1.76. The van der Waals surface area contributed by atoms with Gasteiger partial charge in [0.25, 0.3) is 0 Å². The Labute approximate surface area is 228 Å². The van der Waals surface area contributed by atoms with Crippen LogP contribution < -0.4 is 5.32 Å². The molecule has 1 aliphatic rings. The summed E-state index contributed by atoms with van der Waals surface area (Å²) in [6.07, 6.45) is 1.02. The van der Waals surface area contributed by atoms with Crippen LogP contribution in [0.15, 0.2) is 55.9 Å². The zero-order valence-electron chi connectivity index (χ0n) is 19.7. The molecule has 192 valence electrons. The van der Waals surface area contributed by atoms with Crippen molar-refractivity contribution in [2.45, 2.75) is 39.2 Å². The Balaban J connectivity index is 0.00000298. The van der Waals surface area contributed by atoms with E-state index < -0.39 is 17.8 Å². The first-order valence-corrected chi connectivity index (χ1v) is 13.9. The molecule has 0 amide bonds. The highest BCUT2D eigenvalue weighted by molar-refractivity contribution is 9.10. The van der Waals surface area contributed by atoms with Gasteiger partial charge in [0.05, 0.1) is 18.8 Å². The number of benzene rings is 1. The van der Waals surface area contributed by atoms with Crippen LogP contribution in [0.5, 0.6) is 0 Å². The van der Waals surface area contributed by atoms with Crippen molar-refractivity contribution < 1.29 is 23.5 Å². The molecule has 0 radical (unpaired) electrons. The van der Waals surface area contributed by atoms with Crippen molar-refractivity contribution in [1.29, 1.82) is 0 Å². The van der Waals surface area contributed by atoms with Crippen molar-refractivity contribution in [2.75, 3.05) is 20.3 Å². The number of aliphatic imine (C=N–C) groups is 2. The summed E-state index contributed by atoms with van der Waals surface area (Å²) < 4.78 is 24.6. The smallest absolute Gasteiger partial charge is 0.338 e. The molecule has 1 unspecified atom stereocenters. The SMILES string of the molecule is C=CSC(=NC)C1=NC(c2ccc(F)cc2Br)C(C(=O)OCC)=C(CCCC(=O)OCC)N1.SS. The van der Waals surface area contributed by atoms with Gasteiger partial charge in [-0.15, -0.1) is 23.3 Å². The van der Waals surface area contributed by atoms with Crippen LogP contribution in [0.25, 0.3) is 0 Å². The molecule has 7 nitrogen and oxygen atoms in total. The maximum absolute atomic E-state index is 13.8. The van der Waals surface area contributed by atoms with E-state index in [9.17, 15) is 14.0 Å². The van der Waals surface area contributed by atoms with Crippen molar-refractivity contribution in [2.24, 2.45) is 9.98 Å². The number of thioether (sulfide) groups is 1. The van der Waals surface area contributed by atoms with E-state index in [1.807, 2.05) is 0 Å². The number of carbonyl (C=O) groups is 2. The Morgan fingerprint density at radius 2 is 2.00 bits per heavy atom. The van der Waals surface area contributed by atoms with Crippen LogP contribution in [0.1, 0.15) is 44.7 Å². The number of nitrogens with zero attached hydrogens (tertiary/aromatic N) is 2. The van der Waals surface area contributed by atoms with E-state index in [-0.39, 0.29) is 19.0 Å². The molecule has 0 spiro atoms. The van der Waals surface area contributed by atoms with E-state index in [4.69, 9.17) is 14.5 Å². The molecule has 1 heterocycles. The molecule has 2 rings (SSSR count). The van der Waals surface area contributed by atoms with E-state index in [1.165, 1.54) is 23.9 Å². The zero-order valence-corrected chi connectivity index (χ0v) is 23.9. The number of esters is 2. The van der Waals surface area contributed by atoms with Crippen LogP contribution in [-0.4, -0.2) is 43.1 Å². The quantitative estimate of drug-likeness (QED) is 0.102. The lowest BCUT2D eigenvalue weighted by molar-refractivity contribution is -0.143. The normalized spacial score (nSPS) is 15.3. The first kappa shape index (κ1) is 31.3. The molecule has 0 aromatic heterocycles. The fourth-order valence-corrected chi connectivity index (χ4v) is 4.28. The number of hydrogen-bond donors (Lipinski definition) is 3. The minimum atomic E-state index is -0.768. The molecular formula is C23H29BrFN3O4S3. The molecule has 0 saturated carbocycles. The summed E-state index contributed by atoms with van der Waals surface area (Å²) >= 11 is 11.1. The summed E-state index contributed by atoms with van der Waals surface area (Å²) in [6.45, 7) is 7.68. The number of amidine groups is 1. The van der Waals surface area contributed by atoms with Crippen molar-refractivity contribution in [3.63, 3.8) is 0 Å². The average molecular weight is 607 g/mol. The number of allylic oxidation sites excluding steroid dienone is 1. The fraction of sp³-hybridized carbons (Fsp3) is 0.391. The van der Waals surface area contributed by atoms with Crippen LogP contribution in [-0.2, 0) is 19.1 Å². The third-order valence-electron chi connectivity index (χ3n) is 4.59. The van der Waals surface area contributed by atoms with E-state index in [1.54, 1.807) is 32.4 Å². The Morgan fingerprint density at radius 1 is 1.31 bits per heavy atom. The minimum absolute atomic E-state index is 0.181. The second-order valence-electron chi connectivity index (χ2n) is 6.76. The summed E-state index contributed by atoms with van der Waals surface area (Å²) in [5.41, 5.74) is 1.46. The molecule has 1 aliphatic heterocycles. The third-order valence-corrected chi connectivity index (χ3v) is 6.04. The summed E-state index contributed by atoms with van der Waals surface area (Å²) in [7, 11) is 1.63. The van der Waals surface area contributed by atoms with Gasteiger partial charge in [-0.1, -0.05) is 40.3 Å². The maximum atomic E-state index is 13.8. The Kier molecular flexibility index (Phi) is 15.0. The average Bonchev–Trinajstić information content (AvgIpc) is 2.83.